The quantitative estimate of drug-likeness (QED) is 0.580. The highest BCUT2D eigenvalue weighted by Crippen LogP contribution is 2.19. The number of rotatable bonds is 2. The second-order valence-corrected chi connectivity index (χ2v) is 3.95. The molecule has 1 aromatic rings. The van der Waals surface area contributed by atoms with Crippen LogP contribution in [0.25, 0.3) is 5.53 Å². The van der Waals surface area contributed by atoms with Gasteiger partial charge in [-0.25, -0.2) is 0 Å². The number of nitrogens with one attached hydrogen (secondary N) is 1. The van der Waals surface area contributed by atoms with Crippen LogP contribution in [0.1, 0.15) is 25.7 Å². The van der Waals surface area contributed by atoms with Crippen LogP contribution < -0.4 is 5.32 Å². The van der Waals surface area contributed by atoms with Crippen LogP contribution in [0.5, 0.6) is 0 Å². The van der Waals surface area contributed by atoms with Crippen LogP contribution in [0.4, 0.5) is 5.69 Å². The van der Waals surface area contributed by atoms with Crippen molar-refractivity contribution < 1.29 is 4.79 Å². The van der Waals surface area contributed by atoms with E-state index < -0.39 is 0 Å². The lowest BCUT2D eigenvalue weighted by molar-refractivity contribution is -0.0133. The van der Waals surface area contributed by atoms with Crippen molar-refractivity contribution in [2.24, 2.45) is 0 Å². The normalized spacial score (nSPS) is 20.8. The molecule has 0 bridgehead atoms. The van der Waals surface area contributed by atoms with Crippen LogP contribution >= 0.6 is 0 Å². The summed E-state index contributed by atoms with van der Waals surface area (Å²) in [5.41, 5.74) is 10.7. The first-order chi connectivity index (χ1) is 7.38. The van der Waals surface area contributed by atoms with Gasteiger partial charge < -0.3 is 10.8 Å². The van der Waals surface area contributed by atoms with Crippen molar-refractivity contribution in [1.82, 2.24) is 0 Å². The van der Waals surface area contributed by atoms with Crippen LogP contribution in [0.2, 0.25) is 0 Å². The number of para-hydroxylation sites is 1. The van der Waals surface area contributed by atoms with Gasteiger partial charge in [0.2, 0.25) is 0 Å². The van der Waals surface area contributed by atoms with Crippen molar-refractivity contribution in [3.8, 4) is 0 Å². The van der Waals surface area contributed by atoms with Crippen LogP contribution in [0.3, 0.4) is 0 Å². The molecule has 0 aromatic heterocycles. The van der Waals surface area contributed by atoms with Crippen LogP contribution in [-0.2, 0) is 0 Å². The number of benzene rings is 1. The standard InChI is InChI=1S/C12H15N3/c13-15-12-8-6-11(7-9-12)14-10-4-2-1-3-5-10/h1-5,11,14H,6-9H2. The third-order valence-electron chi connectivity index (χ3n) is 2.85. The molecule has 0 heterocycles. The molecule has 1 aliphatic rings. The minimum atomic E-state index is 0.512. The molecule has 3 nitrogen and oxygen atoms in total. The van der Waals surface area contributed by atoms with E-state index in [1.165, 1.54) is 5.69 Å². The van der Waals surface area contributed by atoms with E-state index in [-0.39, 0.29) is 0 Å². The highest BCUT2D eigenvalue weighted by molar-refractivity contribution is 5.80. The molecule has 2 rings (SSSR count). The van der Waals surface area contributed by atoms with E-state index >= 15 is 0 Å². The summed E-state index contributed by atoms with van der Waals surface area (Å²) < 4.78 is 0. The molecule has 15 heavy (non-hydrogen) atoms. The molecule has 1 fully saturated rings. The van der Waals surface area contributed by atoms with Gasteiger partial charge in [-0.3, -0.25) is 0 Å². The van der Waals surface area contributed by atoms with E-state index in [4.69, 9.17) is 5.53 Å². The fourth-order valence-corrected chi connectivity index (χ4v) is 1.97. The van der Waals surface area contributed by atoms with E-state index in [1.807, 2.05) is 18.2 Å². The first-order valence-electron chi connectivity index (χ1n) is 5.40. The van der Waals surface area contributed by atoms with Gasteiger partial charge in [-0.1, -0.05) is 18.2 Å². The third-order valence-corrected chi connectivity index (χ3v) is 2.85. The number of hydrogen-bond acceptors (Lipinski definition) is 1. The summed E-state index contributed by atoms with van der Waals surface area (Å²) in [6, 6.07) is 10.8. The SMILES string of the molecule is [N-]=[N+]=C1CCC(Nc2ccccc2)CC1. The molecule has 0 spiro atoms. The Morgan fingerprint density at radius 1 is 1.13 bits per heavy atom. The van der Waals surface area contributed by atoms with Gasteiger partial charge >= 0.3 is 0 Å². The molecule has 1 saturated carbocycles. The molecular weight excluding hydrogens is 186 g/mol. The lowest BCUT2D eigenvalue weighted by atomic mass is 9.93. The predicted octanol–water partition coefficient (Wildman–Crippen LogP) is 2.71. The average molecular weight is 201 g/mol. The Kier molecular flexibility index (Phi) is 3.15. The molecule has 1 aliphatic carbocycles. The second kappa shape index (κ2) is 4.76. The largest absolute Gasteiger partial charge is 0.382 e. The van der Waals surface area contributed by atoms with Gasteiger partial charge in [-0.15, -0.1) is 0 Å². The molecule has 0 aliphatic heterocycles. The zero-order valence-electron chi connectivity index (χ0n) is 8.69. The summed E-state index contributed by atoms with van der Waals surface area (Å²) in [4.78, 5) is 3.28. The number of nitrogens with zero attached hydrogens (tertiary/aromatic N) is 2. The van der Waals surface area contributed by atoms with Gasteiger partial charge in [-0.2, -0.15) is 4.79 Å². The second-order valence-electron chi connectivity index (χ2n) is 3.95. The summed E-state index contributed by atoms with van der Waals surface area (Å²) in [6.45, 7) is 0. The van der Waals surface area contributed by atoms with Crippen LogP contribution in [-0.4, -0.2) is 16.5 Å². The highest BCUT2D eigenvalue weighted by atomic mass is 14.9. The molecule has 1 aromatic carbocycles. The van der Waals surface area contributed by atoms with E-state index in [0.717, 1.165) is 31.4 Å². The predicted molar refractivity (Wildman–Crippen MR) is 60.9 cm³/mol. The maximum Gasteiger partial charge on any atom is 0.269 e. The molecule has 0 amide bonds. The van der Waals surface area contributed by atoms with Crippen molar-refractivity contribution in [3.05, 3.63) is 35.9 Å². The fraction of sp³-hybridized carbons (Fsp3) is 0.417. The minimum absolute atomic E-state index is 0.512. The van der Waals surface area contributed by atoms with Crippen LogP contribution in [0.15, 0.2) is 30.3 Å². The summed E-state index contributed by atoms with van der Waals surface area (Å²) in [6.07, 6.45) is 3.91. The first kappa shape index (κ1) is 9.94. The Morgan fingerprint density at radius 3 is 2.40 bits per heavy atom. The Balaban J connectivity index is 1.90. The summed E-state index contributed by atoms with van der Waals surface area (Å²) >= 11 is 0. The molecule has 0 radical (unpaired) electrons. The molecule has 3 heteroatoms. The van der Waals surface area contributed by atoms with Gasteiger partial charge in [0.15, 0.2) is 0 Å². The fourth-order valence-electron chi connectivity index (χ4n) is 1.97. The van der Waals surface area contributed by atoms with Crippen molar-refractivity contribution in [1.29, 1.82) is 0 Å². The Labute approximate surface area is 89.7 Å². The van der Waals surface area contributed by atoms with Crippen molar-refractivity contribution in [2.75, 3.05) is 5.32 Å². The van der Waals surface area contributed by atoms with E-state index in [1.54, 1.807) is 0 Å². The molecule has 0 unspecified atom stereocenters. The summed E-state index contributed by atoms with van der Waals surface area (Å²) in [5, 5.41) is 3.49. The molecule has 0 saturated heterocycles. The Bertz CT molecular complexity index is 356. The lowest BCUT2D eigenvalue weighted by Gasteiger charge is -2.21. The monoisotopic (exact) mass is 201 g/mol. The zero-order valence-corrected chi connectivity index (χ0v) is 8.69. The zero-order chi connectivity index (χ0) is 10.5. The Morgan fingerprint density at radius 2 is 1.80 bits per heavy atom. The van der Waals surface area contributed by atoms with E-state index in [0.29, 0.717) is 6.04 Å². The van der Waals surface area contributed by atoms with Gasteiger partial charge in [0, 0.05) is 24.6 Å². The molecule has 0 atom stereocenters. The van der Waals surface area contributed by atoms with Crippen LogP contribution in [0, 0.1) is 0 Å². The smallest absolute Gasteiger partial charge is 0.269 e. The highest BCUT2D eigenvalue weighted by Gasteiger charge is 2.21. The van der Waals surface area contributed by atoms with Gasteiger partial charge in [0.25, 0.3) is 5.71 Å². The number of anilines is 1. The van der Waals surface area contributed by atoms with Gasteiger partial charge in [-0.05, 0) is 25.0 Å². The van der Waals surface area contributed by atoms with Gasteiger partial charge in [0.05, 0.1) is 0 Å². The first-order valence-corrected chi connectivity index (χ1v) is 5.40. The van der Waals surface area contributed by atoms with Gasteiger partial charge in [0.1, 0.15) is 0 Å². The summed E-state index contributed by atoms with van der Waals surface area (Å²) in [5.74, 6) is 0. The third kappa shape index (κ3) is 2.67. The summed E-state index contributed by atoms with van der Waals surface area (Å²) in [7, 11) is 0. The van der Waals surface area contributed by atoms with Crippen molar-refractivity contribution in [2.45, 2.75) is 31.7 Å². The minimum Gasteiger partial charge on any atom is -0.382 e. The number of hydrogen-bond donors (Lipinski definition) is 1. The maximum absolute atomic E-state index is 8.63. The lowest BCUT2D eigenvalue weighted by Crippen LogP contribution is -2.26. The molecule has 1 N–H and O–H groups in total. The van der Waals surface area contributed by atoms with E-state index in [2.05, 4.69) is 22.2 Å². The average Bonchev–Trinajstić information content (AvgIpc) is 2.31. The van der Waals surface area contributed by atoms with E-state index in [9.17, 15) is 0 Å². The topological polar surface area (TPSA) is 48.4 Å². The van der Waals surface area contributed by atoms with Crippen molar-refractivity contribution >= 4 is 11.4 Å². The van der Waals surface area contributed by atoms with Crippen molar-refractivity contribution in [3.63, 3.8) is 0 Å². The molecule has 78 valence electrons. The maximum atomic E-state index is 8.63. The Hall–Kier alpha value is -1.60. The molecular formula is C12H15N3.